The van der Waals surface area contributed by atoms with E-state index in [1.54, 1.807) is 7.11 Å². The summed E-state index contributed by atoms with van der Waals surface area (Å²) in [5.74, 6) is 1.42. The Kier molecular flexibility index (Phi) is 7.48. The first kappa shape index (κ1) is 16.0. The van der Waals surface area contributed by atoms with Crippen molar-refractivity contribution in [3.63, 3.8) is 0 Å². The highest BCUT2D eigenvalue weighted by atomic mass is 16.5. The van der Waals surface area contributed by atoms with Crippen molar-refractivity contribution in [3.8, 4) is 5.75 Å². The van der Waals surface area contributed by atoms with Crippen molar-refractivity contribution in [1.29, 1.82) is 0 Å². The van der Waals surface area contributed by atoms with Crippen LogP contribution in [-0.4, -0.2) is 38.1 Å². The predicted molar refractivity (Wildman–Crippen MR) is 76.4 cm³/mol. The second-order valence-electron chi connectivity index (χ2n) is 5.09. The van der Waals surface area contributed by atoms with Gasteiger partial charge in [0.25, 0.3) is 0 Å². The number of benzene rings is 1. The van der Waals surface area contributed by atoms with Crippen LogP contribution in [0, 0.1) is 5.92 Å². The molecule has 0 aliphatic heterocycles. The van der Waals surface area contributed by atoms with Gasteiger partial charge >= 0.3 is 0 Å². The highest BCUT2D eigenvalue weighted by Gasteiger charge is 2.04. The number of methoxy groups -OCH3 is 1. The lowest BCUT2D eigenvalue weighted by Crippen LogP contribution is -2.22. The summed E-state index contributed by atoms with van der Waals surface area (Å²) in [6, 6.07) is 7.91. The van der Waals surface area contributed by atoms with Gasteiger partial charge in [0.05, 0.1) is 6.61 Å². The number of aliphatic hydroxyl groups excluding tert-OH is 1. The molecule has 1 aromatic rings. The zero-order chi connectivity index (χ0) is 14.1. The Morgan fingerprint density at radius 3 is 2.74 bits per heavy atom. The molecule has 0 amide bonds. The van der Waals surface area contributed by atoms with E-state index in [-0.39, 0.29) is 13.2 Å². The topological polar surface area (TPSA) is 50.7 Å². The molecule has 0 saturated heterocycles. The van der Waals surface area contributed by atoms with E-state index in [9.17, 15) is 5.11 Å². The Bertz CT molecular complexity index is 355. The first-order valence-electron chi connectivity index (χ1n) is 6.71. The second-order valence-corrected chi connectivity index (χ2v) is 5.09. The molecule has 1 unspecified atom stereocenters. The fourth-order valence-electron chi connectivity index (χ4n) is 1.68. The number of aliphatic hydroxyl groups is 1. The molecule has 0 aliphatic carbocycles. The maximum Gasteiger partial charge on any atom is 0.119 e. The van der Waals surface area contributed by atoms with Crippen LogP contribution in [0.25, 0.3) is 0 Å². The molecule has 0 bridgehead atoms. The van der Waals surface area contributed by atoms with Crippen molar-refractivity contribution in [1.82, 2.24) is 5.32 Å². The van der Waals surface area contributed by atoms with Crippen molar-refractivity contribution in [2.75, 3.05) is 26.9 Å². The molecule has 4 nitrogen and oxygen atoms in total. The Balaban J connectivity index is 2.38. The quantitative estimate of drug-likeness (QED) is 0.716. The minimum atomic E-state index is -0.590. The Morgan fingerprint density at radius 2 is 2.05 bits per heavy atom. The highest BCUT2D eigenvalue weighted by Crippen LogP contribution is 2.13. The van der Waals surface area contributed by atoms with E-state index in [0.717, 1.165) is 18.8 Å². The molecule has 0 radical (unpaired) electrons. The highest BCUT2D eigenvalue weighted by molar-refractivity contribution is 5.28. The number of hydrogen-bond acceptors (Lipinski definition) is 4. The maximum atomic E-state index is 9.52. The van der Waals surface area contributed by atoms with E-state index < -0.39 is 6.10 Å². The molecule has 0 aliphatic rings. The molecule has 1 rings (SSSR count). The number of rotatable bonds is 9. The van der Waals surface area contributed by atoms with Crippen molar-refractivity contribution >= 4 is 0 Å². The summed E-state index contributed by atoms with van der Waals surface area (Å²) in [5.41, 5.74) is 1.18. The van der Waals surface area contributed by atoms with Gasteiger partial charge in [-0.15, -0.1) is 0 Å². The molecule has 108 valence electrons. The van der Waals surface area contributed by atoms with E-state index in [1.165, 1.54) is 5.56 Å². The van der Waals surface area contributed by atoms with Crippen LogP contribution in [0.2, 0.25) is 0 Å². The molecule has 1 atom stereocenters. The Labute approximate surface area is 115 Å². The van der Waals surface area contributed by atoms with Crippen molar-refractivity contribution in [2.24, 2.45) is 5.92 Å². The lowest BCUT2D eigenvalue weighted by atomic mass is 10.2. The van der Waals surface area contributed by atoms with E-state index in [1.807, 2.05) is 18.2 Å². The van der Waals surface area contributed by atoms with Gasteiger partial charge in [0.15, 0.2) is 0 Å². The molecule has 19 heavy (non-hydrogen) atoms. The third-order valence-electron chi connectivity index (χ3n) is 2.58. The summed E-state index contributed by atoms with van der Waals surface area (Å²) in [6.45, 7) is 6.73. The standard InChI is InChI=1S/C15H25NO3/c1-12(2)8-16-9-13-5-4-6-15(7-13)19-11-14(17)10-18-3/h4-7,12,14,16-17H,8-11H2,1-3H3. The molecular formula is C15H25NO3. The van der Waals surface area contributed by atoms with Gasteiger partial charge in [-0.25, -0.2) is 0 Å². The zero-order valence-electron chi connectivity index (χ0n) is 12.1. The summed E-state index contributed by atoms with van der Waals surface area (Å²) < 4.78 is 10.4. The van der Waals surface area contributed by atoms with Crippen LogP contribution in [0.1, 0.15) is 19.4 Å². The monoisotopic (exact) mass is 267 g/mol. The number of nitrogens with one attached hydrogen (secondary N) is 1. The average molecular weight is 267 g/mol. The Morgan fingerprint density at radius 1 is 1.26 bits per heavy atom. The maximum absolute atomic E-state index is 9.52. The van der Waals surface area contributed by atoms with E-state index in [0.29, 0.717) is 5.92 Å². The number of hydrogen-bond donors (Lipinski definition) is 2. The lowest BCUT2D eigenvalue weighted by Gasteiger charge is -2.12. The minimum Gasteiger partial charge on any atom is -0.491 e. The van der Waals surface area contributed by atoms with E-state index in [4.69, 9.17) is 9.47 Å². The lowest BCUT2D eigenvalue weighted by molar-refractivity contribution is 0.0325. The van der Waals surface area contributed by atoms with Crippen LogP contribution < -0.4 is 10.1 Å². The van der Waals surface area contributed by atoms with Gasteiger partial charge < -0.3 is 19.9 Å². The summed E-state index contributed by atoms with van der Waals surface area (Å²) in [5, 5.41) is 12.9. The third-order valence-corrected chi connectivity index (χ3v) is 2.58. The van der Waals surface area contributed by atoms with Gasteiger partial charge in [-0.05, 0) is 30.2 Å². The summed E-state index contributed by atoms with van der Waals surface area (Å²) >= 11 is 0. The average Bonchev–Trinajstić information content (AvgIpc) is 2.37. The van der Waals surface area contributed by atoms with E-state index >= 15 is 0 Å². The molecular weight excluding hydrogens is 242 g/mol. The Hall–Kier alpha value is -1.10. The molecule has 1 aromatic carbocycles. The van der Waals surface area contributed by atoms with Crippen LogP contribution in [0.4, 0.5) is 0 Å². The summed E-state index contributed by atoms with van der Waals surface area (Å²) in [4.78, 5) is 0. The largest absolute Gasteiger partial charge is 0.491 e. The van der Waals surface area contributed by atoms with Gasteiger partial charge in [0, 0.05) is 13.7 Å². The van der Waals surface area contributed by atoms with E-state index in [2.05, 4.69) is 25.2 Å². The van der Waals surface area contributed by atoms with Crippen LogP contribution in [0.15, 0.2) is 24.3 Å². The van der Waals surface area contributed by atoms with Crippen LogP contribution in [0.5, 0.6) is 5.75 Å². The van der Waals surface area contributed by atoms with Gasteiger partial charge in [-0.2, -0.15) is 0 Å². The molecule has 0 aromatic heterocycles. The fourth-order valence-corrected chi connectivity index (χ4v) is 1.68. The fraction of sp³-hybridized carbons (Fsp3) is 0.600. The summed E-state index contributed by atoms with van der Waals surface area (Å²) in [7, 11) is 1.56. The first-order chi connectivity index (χ1) is 9.11. The first-order valence-corrected chi connectivity index (χ1v) is 6.71. The summed E-state index contributed by atoms with van der Waals surface area (Å²) in [6.07, 6.45) is -0.590. The van der Waals surface area contributed by atoms with Crippen molar-refractivity contribution in [3.05, 3.63) is 29.8 Å². The normalized spacial score (nSPS) is 12.7. The van der Waals surface area contributed by atoms with Gasteiger partial charge in [-0.3, -0.25) is 0 Å². The van der Waals surface area contributed by atoms with Crippen LogP contribution in [0.3, 0.4) is 0 Å². The third kappa shape index (κ3) is 7.15. The molecule has 4 heteroatoms. The molecule has 0 saturated carbocycles. The van der Waals surface area contributed by atoms with Gasteiger partial charge in [0.2, 0.25) is 0 Å². The number of ether oxygens (including phenoxy) is 2. The van der Waals surface area contributed by atoms with Crippen LogP contribution >= 0.6 is 0 Å². The minimum absolute atomic E-state index is 0.247. The van der Waals surface area contributed by atoms with Gasteiger partial charge in [-0.1, -0.05) is 26.0 Å². The molecule has 2 N–H and O–H groups in total. The zero-order valence-corrected chi connectivity index (χ0v) is 12.1. The predicted octanol–water partition coefficient (Wildman–Crippen LogP) is 1.82. The molecule has 0 spiro atoms. The van der Waals surface area contributed by atoms with Crippen molar-refractivity contribution < 1.29 is 14.6 Å². The SMILES string of the molecule is COCC(O)COc1cccc(CNCC(C)C)c1. The second kappa shape index (κ2) is 8.91. The smallest absolute Gasteiger partial charge is 0.119 e. The van der Waals surface area contributed by atoms with Gasteiger partial charge in [0.1, 0.15) is 18.5 Å². The molecule has 0 fully saturated rings. The van der Waals surface area contributed by atoms with Crippen LogP contribution in [-0.2, 0) is 11.3 Å². The molecule has 0 heterocycles. The van der Waals surface area contributed by atoms with Crippen molar-refractivity contribution in [2.45, 2.75) is 26.5 Å².